The summed E-state index contributed by atoms with van der Waals surface area (Å²) in [5, 5.41) is 0.416. The van der Waals surface area contributed by atoms with Crippen molar-refractivity contribution in [2.45, 2.75) is 50.0 Å². The lowest BCUT2D eigenvalue weighted by atomic mass is 9.82. The van der Waals surface area contributed by atoms with Crippen LogP contribution in [0.4, 0.5) is 23.2 Å². The van der Waals surface area contributed by atoms with Crippen molar-refractivity contribution < 1.29 is 27.1 Å². The Hall–Kier alpha value is -2.49. The zero-order valence-electron chi connectivity index (χ0n) is 18.6. The van der Waals surface area contributed by atoms with Gasteiger partial charge in [-0.2, -0.15) is 13.2 Å². The van der Waals surface area contributed by atoms with Gasteiger partial charge in [0.2, 0.25) is 0 Å². The maximum absolute atomic E-state index is 14.8. The third-order valence-electron chi connectivity index (χ3n) is 6.37. The summed E-state index contributed by atoms with van der Waals surface area (Å²) in [6.07, 6.45) is 1.73. The van der Waals surface area contributed by atoms with Gasteiger partial charge in [-0.25, -0.2) is 4.39 Å². The van der Waals surface area contributed by atoms with Gasteiger partial charge in [0, 0.05) is 42.2 Å². The quantitative estimate of drug-likeness (QED) is 0.384. The molecule has 3 aliphatic rings. The third kappa shape index (κ3) is 4.96. The molecule has 0 spiro atoms. The largest absolute Gasteiger partial charge is 0.492 e. The summed E-state index contributed by atoms with van der Waals surface area (Å²) < 4.78 is 63.5. The molecule has 0 unspecified atom stereocenters. The molecule has 2 heterocycles. The van der Waals surface area contributed by atoms with Crippen LogP contribution in [-0.2, 0) is 6.18 Å². The number of rotatable bonds is 8. The molecule has 1 saturated heterocycles. The van der Waals surface area contributed by atoms with Crippen molar-refractivity contribution in [3.05, 3.63) is 53.1 Å². The van der Waals surface area contributed by atoms with E-state index in [1.807, 2.05) is 6.92 Å². The number of amides is 1. The summed E-state index contributed by atoms with van der Waals surface area (Å²) in [4.78, 5) is 17.7. The molecule has 5 rings (SSSR count). The normalized spacial score (nSPS) is 19.5. The zero-order valence-corrected chi connectivity index (χ0v) is 19.4. The number of ether oxygens (including phenoxy) is 1. The van der Waals surface area contributed by atoms with Gasteiger partial charge >= 0.3 is 6.18 Å². The van der Waals surface area contributed by atoms with Crippen molar-refractivity contribution in [1.82, 2.24) is 9.71 Å². The van der Waals surface area contributed by atoms with Crippen LogP contribution in [-0.4, -0.2) is 35.8 Å². The molecular formula is C24H25F4N3O2S. The second kappa shape index (κ2) is 8.62. The highest BCUT2D eigenvalue weighted by atomic mass is 32.2. The van der Waals surface area contributed by atoms with E-state index in [1.54, 1.807) is 11.0 Å². The minimum Gasteiger partial charge on any atom is -0.492 e. The maximum atomic E-state index is 14.8. The number of hydrogen-bond acceptors (Lipinski definition) is 5. The van der Waals surface area contributed by atoms with Crippen molar-refractivity contribution in [3.8, 4) is 5.75 Å². The molecular weight excluding hydrogens is 470 g/mol. The lowest BCUT2D eigenvalue weighted by Gasteiger charge is -2.49. The van der Waals surface area contributed by atoms with Gasteiger partial charge in [-0.15, -0.1) is 0 Å². The number of alkyl halides is 3. The fourth-order valence-electron chi connectivity index (χ4n) is 4.23. The van der Waals surface area contributed by atoms with Gasteiger partial charge in [-0.1, -0.05) is 6.92 Å². The Labute approximate surface area is 199 Å². The molecule has 1 N–H and O–H groups in total. The first-order valence-electron chi connectivity index (χ1n) is 11.3. The van der Waals surface area contributed by atoms with Crippen LogP contribution in [0.3, 0.4) is 0 Å². The first-order chi connectivity index (χ1) is 16.1. The molecule has 1 amide bonds. The predicted molar refractivity (Wildman–Crippen MR) is 122 cm³/mol. The Morgan fingerprint density at radius 1 is 1.26 bits per heavy atom. The zero-order chi connectivity index (χ0) is 24.1. The Kier molecular flexibility index (Phi) is 5.90. The lowest BCUT2D eigenvalue weighted by molar-refractivity contribution is -0.137. The van der Waals surface area contributed by atoms with E-state index >= 15 is 0 Å². The van der Waals surface area contributed by atoms with Gasteiger partial charge in [0.15, 0.2) is 0 Å². The topological polar surface area (TPSA) is 54.5 Å². The fourth-order valence-corrected chi connectivity index (χ4v) is 4.99. The first-order valence-corrected chi connectivity index (χ1v) is 12.2. The van der Waals surface area contributed by atoms with E-state index in [4.69, 9.17) is 4.74 Å². The van der Waals surface area contributed by atoms with E-state index < -0.39 is 23.5 Å². The number of anilines is 1. The maximum Gasteiger partial charge on any atom is 0.419 e. The summed E-state index contributed by atoms with van der Waals surface area (Å²) in [6, 6.07) is 4.23. The van der Waals surface area contributed by atoms with Crippen LogP contribution >= 0.6 is 11.9 Å². The number of pyridine rings is 1. The molecule has 0 atom stereocenters. The van der Waals surface area contributed by atoms with Crippen molar-refractivity contribution in [2.75, 3.05) is 24.6 Å². The lowest BCUT2D eigenvalue weighted by Crippen LogP contribution is -2.58. The Balaban J connectivity index is 1.26. The van der Waals surface area contributed by atoms with Crippen LogP contribution in [0.15, 0.2) is 30.6 Å². The smallest absolute Gasteiger partial charge is 0.419 e. The minimum absolute atomic E-state index is 0.0146. The molecule has 2 aliphatic carbocycles. The highest BCUT2D eigenvalue weighted by Crippen LogP contribution is 2.46. The monoisotopic (exact) mass is 495 g/mol. The van der Waals surface area contributed by atoms with Crippen LogP contribution in [0.5, 0.6) is 5.75 Å². The van der Waals surface area contributed by atoms with Gasteiger partial charge in [-0.05, 0) is 61.2 Å². The van der Waals surface area contributed by atoms with Crippen LogP contribution in [0, 0.1) is 11.2 Å². The van der Waals surface area contributed by atoms with Crippen molar-refractivity contribution in [2.24, 2.45) is 5.41 Å². The molecule has 1 aromatic carbocycles. The molecule has 5 nitrogen and oxygen atoms in total. The van der Waals surface area contributed by atoms with E-state index in [-0.39, 0.29) is 29.2 Å². The molecule has 3 fully saturated rings. The molecule has 2 saturated carbocycles. The highest BCUT2D eigenvalue weighted by molar-refractivity contribution is 7.98. The predicted octanol–water partition coefficient (Wildman–Crippen LogP) is 5.56. The van der Waals surface area contributed by atoms with Crippen LogP contribution in [0.1, 0.15) is 60.0 Å². The Morgan fingerprint density at radius 3 is 2.65 bits per heavy atom. The van der Waals surface area contributed by atoms with E-state index in [1.165, 1.54) is 30.3 Å². The second-order valence-electron chi connectivity index (χ2n) is 9.74. The van der Waals surface area contributed by atoms with E-state index in [9.17, 15) is 22.4 Å². The molecule has 0 bridgehead atoms. The summed E-state index contributed by atoms with van der Waals surface area (Å²) in [5.74, 6) is -0.441. The molecule has 1 aliphatic heterocycles. The number of hydrogen-bond donors (Lipinski definition) is 1. The molecule has 0 radical (unpaired) electrons. The number of halogens is 4. The van der Waals surface area contributed by atoms with E-state index in [0.29, 0.717) is 24.1 Å². The third-order valence-corrected chi connectivity index (χ3v) is 7.48. The van der Waals surface area contributed by atoms with Gasteiger partial charge in [-0.3, -0.25) is 14.5 Å². The van der Waals surface area contributed by atoms with Gasteiger partial charge < -0.3 is 9.64 Å². The number of nitrogens with one attached hydrogen (secondary N) is 1. The van der Waals surface area contributed by atoms with Crippen LogP contribution in [0.25, 0.3) is 0 Å². The molecule has 10 heteroatoms. The summed E-state index contributed by atoms with van der Waals surface area (Å²) in [5.41, 5.74) is -0.216. The average Bonchev–Trinajstić information content (AvgIpc) is 3.67. The van der Waals surface area contributed by atoms with E-state index in [2.05, 4.69) is 9.71 Å². The molecule has 182 valence electrons. The second-order valence-corrected chi connectivity index (χ2v) is 10.8. The van der Waals surface area contributed by atoms with Gasteiger partial charge in [0.25, 0.3) is 5.91 Å². The standard InChI is InChI=1S/C24H25F4N3O2S/c1-23(11-31(12-23)20-6-7-29-10-18(20)24(26,27)28)13-33-21-9-19(25)17(8-16(21)14-2-3-14)22(32)30-34-15-4-5-15/h6-10,14-15H,2-5,11-13H2,1H3,(H,30,32). The Bertz CT molecular complexity index is 1100. The first kappa shape index (κ1) is 23.3. The van der Waals surface area contributed by atoms with Crippen LogP contribution in [0.2, 0.25) is 0 Å². The van der Waals surface area contributed by atoms with Crippen LogP contribution < -0.4 is 14.4 Å². The van der Waals surface area contributed by atoms with E-state index in [0.717, 1.165) is 37.4 Å². The number of benzene rings is 1. The highest BCUT2D eigenvalue weighted by Gasteiger charge is 2.44. The fraction of sp³-hybridized carbons (Fsp3) is 0.500. The van der Waals surface area contributed by atoms with Crippen molar-refractivity contribution in [3.63, 3.8) is 0 Å². The number of carbonyl (C=O) groups excluding carboxylic acids is 1. The molecule has 2 aromatic rings. The minimum atomic E-state index is -4.48. The number of nitrogens with zero attached hydrogens (tertiary/aromatic N) is 2. The van der Waals surface area contributed by atoms with Crippen molar-refractivity contribution in [1.29, 1.82) is 0 Å². The number of aromatic nitrogens is 1. The molecule has 1 aromatic heterocycles. The summed E-state index contributed by atoms with van der Waals surface area (Å²) in [7, 11) is 0. The van der Waals surface area contributed by atoms with Gasteiger partial charge in [0.1, 0.15) is 11.6 Å². The average molecular weight is 496 g/mol. The van der Waals surface area contributed by atoms with Gasteiger partial charge in [0.05, 0.1) is 23.4 Å². The number of carbonyl (C=O) groups is 1. The molecule has 34 heavy (non-hydrogen) atoms. The summed E-state index contributed by atoms with van der Waals surface area (Å²) in [6.45, 7) is 2.92. The summed E-state index contributed by atoms with van der Waals surface area (Å²) >= 11 is 1.34. The SMILES string of the molecule is CC1(COc2cc(F)c(C(=O)NSC3CC3)cc2C2CC2)CN(c2ccncc2C(F)(F)F)C1. The van der Waals surface area contributed by atoms with Crippen molar-refractivity contribution >= 4 is 23.5 Å². The Morgan fingerprint density at radius 2 is 2.00 bits per heavy atom.